The Bertz CT molecular complexity index is 3060. The highest BCUT2D eigenvalue weighted by Gasteiger charge is 2.63. The van der Waals surface area contributed by atoms with E-state index in [1.807, 2.05) is 0 Å². The van der Waals surface area contributed by atoms with Crippen LogP contribution in [0.25, 0.3) is 27.8 Å². The average molecular weight is 828 g/mol. The van der Waals surface area contributed by atoms with E-state index in [1.165, 1.54) is 146 Å². The summed E-state index contributed by atoms with van der Waals surface area (Å²) in [7, 11) is 0. The molecule has 320 valence electrons. The average Bonchev–Trinajstić information content (AvgIpc) is 3.85. The molecule has 3 aliphatic carbocycles. The smallest absolute Gasteiger partial charge is 0.252 e. The van der Waals surface area contributed by atoms with E-state index in [1.54, 1.807) is 5.56 Å². The third-order valence-electron chi connectivity index (χ3n) is 19.3. The van der Waals surface area contributed by atoms with Crippen LogP contribution in [-0.2, 0) is 27.1 Å². The van der Waals surface area contributed by atoms with Crippen LogP contribution in [0.15, 0.2) is 84.9 Å². The molecule has 4 unspecified atom stereocenters. The first-order valence-electron chi connectivity index (χ1n) is 24.7. The van der Waals surface area contributed by atoms with Gasteiger partial charge in [-0.2, -0.15) is 0 Å². The third kappa shape index (κ3) is 4.33. The van der Waals surface area contributed by atoms with Crippen molar-refractivity contribution >= 4 is 56.8 Å². The van der Waals surface area contributed by atoms with Gasteiger partial charge in [-0.15, -0.1) is 0 Å². The van der Waals surface area contributed by atoms with Gasteiger partial charge in [0.2, 0.25) is 0 Å². The number of para-hydroxylation sites is 1. The van der Waals surface area contributed by atoms with Gasteiger partial charge in [-0.1, -0.05) is 156 Å². The van der Waals surface area contributed by atoms with Gasteiger partial charge in [-0.25, -0.2) is 0 Å². The fourth-order valence-corrected chi connectivity index (χ4v) is 15.5. The second-order valence-electron chi connectivity index (χ2n) is 24.8. The van der Waals surface area contributed by atoms with Gasteiger partial charge in [-0.3, -0.25) is 0 Å². The minimum atomic E-state index is -0.144. The van der Waals surface area contributed by atoms with Crippen LogP contribution < -0.4 is 26.2 Å². The molecule has 3 nitrogen and oxygen atoms in total. The molecule has 1 aromatic heterocycles. The summed E-state index contributed by atoms with van der Waals surface area (Å²) in [6, 6.07) is 35.0. The van der Waals surface area contributed by atoms with Crippen molar-refractivity contribution in [3.8, 4) is 16.9 Å². The molecule has 4 heteroatoms. The van der Waals surface area contributed by atoms with Crippen molar-refractivity contribution in [3.63, 3.8) is 0 Å². The Kier molecular flexibility index (Phi) is 7.11. The van der Waals surface area contributed by atoms with Crippen LogP contribution in [0.1, 0.15) is 168 Å². The zero-order valence-corrected chi connectivity index (χ0v) is 40.2. The van der Waals surface area contributed by atoms with E-state index in [9.17, 15) is 0 Å². The maximum absolute atomic E-state index is 2.98. The zero-order chi connectivity index (χ0) is 43.8. The van der Waals surface area contributed by atoms with E-state index >= 15 is 0 Å². The van der Waals surface area contributed by atoms with Gasteiger partial charge < -0.3 is 14.4 Å². The number of hydrogen-bond acceptors (Lipinski definition) is 2. The van der Waals surface area contributed by atoms with Crippen LogP contribution in [0, 0.1) is 0 Å². The monoisotopic (exact) mass is 828 g/mol. The molecule has 0 spiro atoms. The van der Waals surface area contributed by atoms with Crippen LogP contribution in [0.2, 0.25) is 0 Å². The first-order chi connectivity index (χ1) is 29.8. The third-order valence-corrected chi connectivity index (χ3v) is 19.3. The molecule has 0 radical (unpaired) electrons. The Morgan fingerprint density at radius 3 is 1.81 bits per heavy atom. The summed E-state index contributed by atoms with van der Waals surface area (Å²) in [6.45, 7) is 30.2. The van der Waals surface area contributed by atoms with E-state index in [0.29, 0.717) is 0 Å². The standard InChI is InChI=1S/C59H66BN3/c1-53(2,3)35-29-39-48-51(38-21-13-14-22-40(38)55(48,7)8)61-46-33-37(62-45-24-16-15-23-41(45)56(9)25-17-19-27-58(56,62)11)34-47-49(46)60(43(31-35)50(39)61)44-32-36(54(4,5)6)30-42-52(44)63(47)59(12)28-20-18-26-57(42,59)10/h13-16,21-24,29-34H,17-20,25-28H2,1-12H3. The molecule has 0 saturated heterocycles. The van der Waals surface area contributed by atoms with Gasteiger partial charge in [0.15, 0.2) is 0 Å². The van der Waals surface area contributed by atoms with Gasteiger partial charge in [0.25, 0.3) is 6.71 Å². The maximum atomic E-state index is 2.98. The quantitative estimate of drug-likeness (QED) is 0.153. The van der Waals surface area contributed by atoms with E-state index in [-0.39, 0.29) is 44.9 Å². The number of fused-ring (bicyclic) bond motifs is 15. The molecule has 7 aliphatic rings. The highest BCUT2D eigenvalue weighted by atomic mass is 15.3. The Morgan fingerprint density at radius 2 is 1.11 bits per heavy atom. The van der Waals surface area contributed by atoms with Crippen molar-refractivity contribution in [1.29, 1.82) is 0 Å². The molecule has 0 amide bonds. The number of anilines is 4. The molecule has 5 heterocycles. The lowest BCUT2D eigenvalue weighted by Crippen LogP contribution is -2.64. The van der Waals surface area contributed by atoms with Crippen molar-refractivity contribution in [1.82, 2.24) is 4.57 Å². The minimum Gasteiger partial charge on any atom is -0.335 e. The van der Waals surface area contributed by atoms with Gasteiger partial charge in [0.1, 0.15) is 0 Å². The predicted octanol–water partition coefficient (Wildman–Crippen LogP) is 13.2. The number of aromatic nitrogens is 1. The van der Waals surface area contributed by atoms with Crippen LogP contribution in [-0.4, -0.2) is 22.4 Å². The topological polar surface area (TPSA) is 11.4 Å². The summed E-state index contributed by atoms with van der Waals surface area (Å²) < 4.78 is 2.82. The van der Waals surface area contributed by atoms with Crippen molar-refractivity contribution in [2.24, 2.45) is 0 Å². The van der Waals surface area contributed by atoms with E-state index in [0.717, 1.165) is 0 Å². The molecular weight excluding hydrogens is 761 g/mol. The van der Waals surface area contributed by atoms with Crippen LogP contribution in [0.5, 0.6) is 0 Å². The predicted molar refractivity (Wildman–Crippen MR) is 269 cm³/mol. The molecule has 0 bridgehead atoms. The Balaban J connectivity index is 1.23. The van der Waals surface area contributed by atoms with Gasteiger partial charge in [-0.05, 0) is 124 Å². The highest BCUT2D eigenvalue weighted by molar-refractivity contribution is 7.00. The summed E-state index contributed by atoms with van der Waals surface area (Å²) in [6.07, 6.45) is 9.98. The molecule has 2 saturated carbocycles. The van der Waals surface area contributed by atoms with Crippen molar-refractivity contribution < 1.29 is 0 Å². The SMILES string of the molecule is CC(C)(C)c1cc2c3c(c1)C1(C)CCCCC1(C)N3c1cc(N3c4ccccc4C4(C)CCCCC34C)cc3c1B2c1cc(C(C)(C)C)cc2c4c(n-3c12)-c1ccccc1C4(C)C. The van der Waals surface area contributed by atoms with Gasteiger partial charge in [0.05, 0.1) is 16.8 Å². The molecular formula is C59H66BN3. The normalized spacial score (nSPS) is 27.8. The van der Waals surface area contributed by atoms with Crippen molar-refractivity contribution in [3.05, 3.63) is 118 Å². The molecule has 0 N–H and O–H groups in total. The van der Waals surface area contributed by atoms with E-state index in [4.69, 9.17) is 0 Å². The Hall–Kier alpha value is -4.70. The second-order valence-corrected chi connectivity index (χ2v) is 24.8. The van der Waals surface area contributed by atoms with E-state index in [2.05, 4.69) is 182 Å². The molecule has 6 aromatic rings. The summed E-state index contributed by atoms with van der Waals surface area (Å²) in [5.74, 6) is 0. The fourth-order valence-electron chi connectivity index (χ4n) is 15.5. The lowest BCUT2D eigenvalue weighted by atomic mass is 9.33. The van der Waals surface area contributed by atoms with Gasteiger partial charge in [0, 0.05) is 61.1 Å². The van der Waals surface area contributed by atoms with Crippen LogP contribution >= 0.6 is 0 Å². The maximum Gasteiger partial charge on any atom is 0.252 e. The van der Waals surface area contributed by atoms with Crippen molar-refractivity contribution in [2.45, 2.75) is 173 Å². The molecule has 63 heavy (non-hydrogen) atoms. The fraction of sp³-hybridized carbons (Fsp3) is 0.458. The lowest BCUT2D eigenvalue weighted by Gasteiger charge is -2.53. The van der Waals surface area contributed by atoms with Crippen LogP contribution in [0.4, 0.5) is 22.7 Å². The second kappa shape index (κ2) is 11.6. The zero-order valence-electron chi connectivity index (χ0n) is 40.2. The molecule has 5 aromatic carbocycles. The summed E-state index contributed by atoms with van der Waals surface area (Å²) in [4.78, 5) is 5.84. The number of nitrogens with zero attached hydrogens (tertiary/aromatic N) is 3. The first-order valence-corrected chi connectivity index (χ1v) is 24.7. The minimum absolute atomic E-state index is 0.0146. The Morgan fingerprint density at radius 1 is 0.540 bits per heavy atom. The van der Waals surface area contributed by atoms with E-state index < -0.39 is 0 Å². The Labute approximate surface area is 377 Å². The van der Waals surface area contributed by atoms with Crippen LogP contribution in [0.3, 0.4) is 0 Å². The van der Waals surface area contributed by atoms with Crippen molar-refractivity contribution in [2.75, 3.05) is 9.80 Å². The summed E-state index contributed by atoms with van der Waals surface area (Å²) in [5.41, 5.74) is 24.8. The summed E-state index contributed by atoms with van der Waals surface area (Å²) in [5, 5.41) is 1.45. The molecule has 4 atom stereocenters. The number of benzene rings is 5. The highest BCUT2D eigenvalue weighted by Crippen LogP contribution is 2.65. The summed E-state index contributed by atoms with van der Waals surface area (Å²) >= 11 is 0. The largest absolute Gasteiger partial charge is 0.335 e. The lowest BCUT2D eigenvalue weighted by molar-refractivity contribution is 0.194. The van der Waals surface area contributed by atoms with Gasteiger partial charge >= 0.3 is 0 Å². The molecule has 13 rings (SSSR count). The number of hydrogen-bond donors (Lipinski definition) is 0. The number of rotatable bonds is 1. The molecule has 4 aliphatic heterocycles. The first kappa shape index (κ1) is 38.7. The molecule has 2 fully saturated rings.